The van der Waals surface area contributed by atoms with Gasteiger partial charge in [0.1, 0.15) is 5.75 Å². The number of ether oxygens (including phenoxy) is 1. The molecule has 1 aromatic rings. The van der Waals surface area contributed by atoms with E-state index < -0.39 is 0 Å². The van der Waals surface area contributed by atoms with Crippen LogP contribution in [0.1, 0.15) is 31.7 Å². The first kappa shape index (κ1) is 16.3. The second kappa shape index (κ2) is 7.79. The number of carbonyl (C=O) groups is 1. The Hall–Kier alpha value is -1.59. The molecule has 23 heavy (non-hydrogen) atoms. The number of carbonyl (C=O) groups excluding carboxylic acids is 1. The molecule has 0 radical (unpaired) electrons. The maximum absolute atomic E-state index is 11.5. The van der Waals surface area contributed by atoms with Gasteiger partial charge >= 0.3 is 0 Å². The first-order chi connectivity index (χ1) is 11.2. The lowest BCUT2D eigenvalue weighted by Gasteiger charge is -2.33. The van der Waals surface area contributed by atoms with E-state index in [1.54, 1.807) is 0 Å². The van der Waals surface area contributed by atoms with Crippen LogP contribution in [-0.4, -0.2) is 49.6 Å². The van der Waals surface area contributed by atoms with Gasteiger partial charge < -0.3 is 15.4 Å². The Balaban J connectivity index is 1.39. The number of aryl methyl sites for hydroxylation is 1. The Morgan fingerprint density at radius 3 is 3.09 bits per heavy atom. The van der Waals surface area contributed by atoms with E-state index in [1.807, 2.05) is 12.1 Å². The molecule has 0 saturated carbocycles. The maximum Gasteiger partial charge on any atom is 0.224 e. The Bertz CT molecular complexity index is 547. The zero-order valence-corrected chi connectivity index (χ0v) is 13.9. The van der Waals surface area contributed by atoms with Gasteiger partial charge in [-0.05, 0) is 44.4 Å². The third-order valence-corrected chi connectivity index (χ3v) is 4.72. The van der Waals surface area contributed by atoms with Gasteiger partial charge in [-0.2, -0.15) is 0 Å². The molecular formula is C18H27N3O2. The van der Waals surface area contributed by atoms with Crippen LogP contribution in [-0.2, 0) is 11.2 Å². The van der Waals surface area contributed by atoms with Crippen molar-refractivity contribution in [3.05, 3.63) is 23.8 Å². The van der Waals surface area contributed by atoms with Crippen LogP contribution in [0.15, 0.2) is 18.2 Å². The van der Waals surface area contributed by atoms with E-state index in [4.69, 9.17) is 4.74 Å². The summed E-state index contributed by atoms with van der Waals surface area (Å²) in [4.78, 5) is 14.0. The Morgan fingerprint density at radius 1 is 1.30 bits per heavy atom. The summed E-state index contributed by atoms with van der Waals surface area (Å²) in [5.74, 6) is 0.946. The van der Waals surface area contributed by atoms with Crippen molar-refractivity contribution < 1.29 is 9.53 Å². The number of nitrogens with one attached hydrogen (secondary N) is 2. The van der Waals surface area contributed by atoms with Gasteiger partial charge in [-0.1, -0.05) is 6.07 Å². The first-order valence-electron chi connectivity index (χ1n) is 8.73. The highest BCUT2D eigenvalue weighted by molar-refractivity contribution is 5.94. The minimum absolute atomic E-state index is 0.0970. The fourth-order valence-electron chi connectivity index (χ4n) is 3.26. The average molecular weight is 317 g/mol. The van der Waals surface area contributed by atoms with E-state index in [2.05, 4.69) is 28.5 Å². The summed E-state index contributed by atoms with van der Waals surface area (Å²) in [6.45, 7) is 7.50. The van der Waals surface area contributed by atoms with Crippen molar-refractivity contribution in [1.82, 2.24) is 10.2 Å². The molecule has 1 atom stereocenters. The number of piperazine rings is 1. The lowest BCUT2D eigenvalue weighted by molar-refractivity contribution is -0.116. The van der Waals surface area contributed by atoms with Gasteiger partial charge in [0.15, 0.2) is 0 Å². The summed E-state index contributed by atoms with van der Waals surface area (Å²) in [5, 5.41) is 6.34. The third kappa shape index (κ3) is 4.45. The Labute approximate surface area is 138 Å². The summed E-state index contributed by atoms with van der Waals surface area (Å²) >= 11 is 0. The Morgan fingerprint density at radius 2 is 2.22 bits per heavy atom. The van der Waals surface area contributed by atoms with Crippen molar-refractivity contribution in [3.8, 4) is 5.75 Å². The highest BCUT2D eigenvalue weighted by Gasteiger charge is 2.17. The van der Waals surface area contributed by atoms with Gasteiger partial charge in [0.2, 0.25) is 5.91 Å². The molecule has 2 N–H and O–H groups in total. The van der Waals surface area contributed by atoms with Crippen molar-refractivity contribution in [3.63, 3.8) is 0 Å². The molecule has 2 aliphatic rings. The van der Waals surface area contributed by atoms with Crippen LogP contribution in [0.2, 0.25) is 0 Å². The zero-order chi connectivity index (χ0) is 16.1. The molecule has 2 heterocycles. The van der Waals surface area contributed by atoms with Gasteiger partial charge in [-0.3, -0.25) is 9.69 Å². The number of fused-ring (bicyclic) bond motifs is 1. The lowest BCUT2D eigenvalue weighted by atomic mass is 10.0. The summed E-state index contributed by atoms with van der Waals surface area (Å²) in [5.41, 5.74) is 2.11. The molecule has 0 aliphatic carbocycles. The van der Waals surface area contributed by atoms with Gasteiger partial charge in [0.25, 0.3) is 0 Å². The molecule has 1 fully saturated rings. The van der Waals surface area contributed by atoms with Crippen LogP contribution >= 0.6 is 0 Å². The normalized spacial score (nSPS) is 21.6. The number of hydrogen-bond donors (Lipinski definition) is 2. The van der Waals surface area contributed by atoms with Gasteiger partial charge in [-0.15, -0.1) is 0 Å². The van der Waals surface area contributed by atoms with Gasteiger partial charge in [0, 0.05) is 43.9 Å². The van der Waals surface area contributed by atoms with E-state index in [0.29, 0.717) is 12.5 Å². The highest BCUT2D eigenvalue weighted by atomic mass is 16.5. The number of benzene rings is 1. The van der Waals surface area contributed by atoms with Crippen LogP contribution in [0.4, 0.5) is 5.69 Å². The lowest BCUT2D eigenvalue weighted by Crippen LogP contribution is -2.49. The Kier molecular flexibility index (Phi) is 5.51. The third-order valence-electron chi connectivity index (χ3n) is 4.72. The monoisotopic (exact) mass is 317 g/mol. The number of amides is 1. The van der Waals surface area contributed by atoms with Crippen molar-refractivity contribution in [2.24, 2.45) is 0 Å². The topological polar surface area (TPSA) is 53.6 Å². The van der Waals surface area contributed by atoms with Gasteiger partial charge in [0.05, 0.1) is 6.61 Å². The standard InChI is InChI=1S/C18H27N3O2/c1-14-13-19-8-10-21(14)9-2-3-11-23-16-6-4-15-5-7-18(22)20-17(15)12-16/h4,6,12,14,19H,2-3,5,7-11,13H2,1H3,(H,20,22). The van der Waals surface area contributed by atoms with Crippen LogP contribution in [0.25, 0.3) is 0 Å². The molecule has 5 nitrogen and oxygen atoms in total. The van der Waals surface area contributed by atoms with Crippen molar-refractivity contribution in [2.45, 2.75) is 38.6 Å². The van der Waals surface area contributed by atoms with Crippen molar-refractivity contribution in [2.75, 3.05) is 38.1 Å². The maximum atomic E-state index is 11.5. The van der Waals surface area contributed by atoms with Crippen LogP contribution in [0.5, 0.6) is 5.75 Å². The van der Waals surface area contributed by atoms with E-state index in [-0.39, 0.29) is 5.91 Å². The molecule has 1 saturated heterocycles. The number of rotatable bonds is 6. The van der Waals surface area contributed by atoms with Crippen LogP contribution in [0.3, 0.4) is 0 Å². The molecule has 0 bridgehead atoms. The molecule has 1 amide bonds. The summed E-state index contributed by atoms with van der Waals surface area (Å²) in [6.07, 6.45) is 3.62. The number of hydrogen-bond acceptors (Lipinski definition) is 4. The predicted octanol–water partition coefficient (Wildman–Crippen LogP) is 2.02. The van der Waals surface area contributed by atoms with E-state index in [9.17, 15) is 4.79 Å². The van der Waals surface area contributed by atoms with Crippen molar-refractivity contribution in [1.29, 1.82) is 0 Å². The minimum Gasteiger partial charge on any atom is -0.494 e. The molecule has 126 valence electrons. The zero-order valence-electron chi connectivity index (χ0n) is 13.9. The molecule has 3 rings (SSSR count). The predicted molar refractivity (Wildman–Crippen MR) is 92.0 cm³/mol. The molecule has 1 unspecified atom stereocenters. The average Bonchev–Trinajstić information content (AvgIpc) is 2.56. The molecular weight excluding hydrogens is 290 g/mol. The fourth-order valence-corrected chi connectivity index (χ4v) is 3.26. The SMILES string of the molecule is CC1CNCCN1CCCCOc1ccc2c(c1)NC(=O)CC2. The van der Waals surface area contributed by atoms with E-state index in [1.165, 1.54) is 5.56 Å². The molecule has 1 aromatic carbocycles. The molecule has 2 aliphatic heterocycles. The summed E-state index contributed by atoms with van der Waals surface area (Å²) < 4.78 is 5.84. The summed E-state index contributed by atoms with van der Waals surface area (Å²) in [7, 11) is 0. The van der Waals surface area contributed by atoms with E-state index in [0.717, 1.165) is 63.5 Å². The van der Waals surface area contributed by atoms with Crippen molar-refractivity contribution >= 4 is 11.6 Å². The quantitative estimate of drug-likeness (QED) is 0.788. The number of nitrogens with zero attached hydrogens (tertiary/aromatic N) is 1. The smallest absolute Gasteiger partial charge is 0.224 e. The first-order valence-corrected chi connectivity index (χ1v) is 8.73. The highest BCUT2D eigenvalue weighted by Crippen LogP contribution is 2.27. The van der Waals surface area contributed by atoms with Crippen LogP contribution < -0.4 is 15.4 Å². The molecule has 0 aromatic heterocycles. The largest absolute Gasteiger partial charge is 0.494 e. The summed E-state index contributed by atoms with van der Waals surface area (Å²) in [6, 6.07) is 6.65. The van der Waals surface area contributed by atoms with Gasteiger partial charge in [-0.25, -0.2) is 0 Å². The second-order valence-corrected chi connectivity index (χ2v) is 6.51. The number of unbranched alkanes of at least 4 members (excludes halogenated alkanes) is 1. The molecule has 5 heteroatoms. The van der Waals surface area contributed by atoms with E-state index >= 15 is 0 Å². The molecule has 0 spiro atoms. The fraction of sp³-hybridized carbons (Fsp3) is 0.611. The minimum atomic E-state index is 0.0970. The second-order valence-electron chi connectivity index (χ2n) is 6.51. The number of anilines is 1. The van der Waals surface area contributed by atoms with Crippen LogP contribution in [0, 0.1) is 0 Å².